The highest BCUT2D eigenvalue weighted by Crippen LogP contribution is 2.30. The van der Waals surface area contributed by atoms with E-state index in [0.717, 1.165) is 12.1 Å². The first-order chi connectivity index (χ1) is 9.27. The molecule has 20 heavy (non-hydrogen) atoms. The van der Waals surface area contributed by atoms with E-state index < -0.39 is 11.7 Å². The average molecular weight is 298 g/mol. The molecule has 0 saturated carbocycles. The Morgan fingerprint density at radius 2 is 1.75 bits per heavy atom. The SMILES string of the molecule is CC(C)c1nc(=S)cc(-c2ccc(C(F)(F)F)cc2)[nH]1. The fourth-order valence-electron chi connectivity index (χ4n) is 1.74. The summed E-state index contributed by atoms with van der Waals surface area (Å²) < 4.78 is 38.0. The molecule has 1 N–H and O–H groups in total. The Morgan fingerprint density at radius 1 is 1.15 bits per heavy atom. The van der Waals surface area contributed by atoms with E-state index in [1.165, 1.54) is 12.1 Å². The molecule has 2 nitrogen and oxygen atoms in total. The molecular weight excluding hydrogens is 285 g/mol. The smallest absolute Gasteiger partial charge is 0.343 e. The van der Waals surface area contributed by atoms with Gasteiger partial charge in [0.05, 0.1) is 5.56 Å². The summed E-state index contributed by atoms with van der Waals surface area (Å²) >= 11 is 5.08. The molecule has 6 heteroatoms. The molecule has 1 aromatic carbocycles. The van der Waals surface area contributed by atoms with Crippen molar-refractivity contribution in [2.75, 3.05) is 0 Å². The van der Waals surface area contributed by atoms with Crippen molar-refractivity contribution in [1.29, 1.82) is 0 Å². The normalized spacial score (nSPS) is 11.9. The largest absolute Gasteiger partial charge is 0.416 e. The third kappa shape index (κ3) is 3.25. The van der Waals surface area contributed by atoms with E-state index in [1.807, 2.05) is 13.8 Å². The Bertz CT molecular complexity index is 657. The number of aromatic amines is 1. The summed E-state index contributed by atoms with van der Waals surface area (Å²) in [5.41, 5.74) is 0.647. The third-order valence-corrected chi connectivity index (χ3v) is 3.04. The van der Waals surface area contributed by atoms with Crippen LogP contribution in [0, 0.1) is 4.64 Å². The molecule has 0 aliphatic carbocycles. The molecule has 0 saturated heterocycles. The third-order valence-electron chi connectivity index (χ3n) is 2.83. The highest BCUT2D eigenvalue weighted by atomic mass is 32.1. The van der Waals surface area contributed by atoms with Gasteiger partial charge in [-0.05, 0) is 23.8 Å². The van der Waals surface area contributed by atoms with Crippen LogP contribution in [0.25, 0.3) is 11.3 Å². The molecular formula is C14H13F3N2S. The van der Waals surface area contributed by atoms with Crippen LogP contribution in [0.3, 0.4) is 0 Å². The summed E-state index contributed by atoms with van der Waals surface area (Å²) in [6, 6.07) is 6.61. The standard InChI is InChI=1S/C14H13F3N2S/c1-8(2)13-18-11(7-12(20)19-13)9-3-5-10(6-4-9)14(15,16)17/h3-8H,1-2H3,(H,18,19,20). The minimum atomic E-state index is -4.33. The van der Waals surface area contributed by atoms with Gasteiger partial charge in [-0.15, -0.1) is 0 Å². The lowest BCUT2D eigenvalue weighted by atomic mass is 10.1. The first-order valence-corrected chi connectivity index (χ1v) is 6.47. The molecule has 1 aromatic heterocycles. The number of hydrogen-bond donors (Lipinski definition) is 1. The Kier molecular flexibility index (Phi) is 3.94. The molecule has 0 unspecified atom stereocenters. The van der Waals surface area contributed by atoms with Crippen molar-refractivity contribution in [1.82, 2.24) is 9.97 Å². The summed E-state index contributed by atoms with van der Waals surface area (Å²) in [4.78, 5) is 7.30. The van der Waals surface area contributed by atoms with E-state index in [4.69, 9.17) is 12.2 Å². The van der Waals surface area contributed by atoms with Crippen LogP contribution in [0.4, 0.5) is 13.2 Å². The predicted molar refractivity (Wildman–Crippen MR) is 73.9 cm³/mol. The number of halogens is 3. The van der Waals surface area contributed by atoms with Gasteiger partial charge in [-0.1, -0.05) is 38.2 Å². The van der Waals surface area contributed by atoms with Crippen molar-refractivity contribution in [3.63, 3.8) is 0 Å². The van der Waals surface area contributed by atoms with Crippen LogP contribution in [0.2, 0.25) is 0 Å². The molecule has 0 amide bonds. The minimum absolute atomic E-state index is 0.158. The summed E-state index contributed by atoms with van der Waals surface area (Å²) in [7, 11) is 0. The Morgan fingerprint density at radius 3 is 2.25 bits per heavy atom. The lowest BCUT2D eigenvalue weighted by molar-refractivity contribution is -0.137. The fraction of sp³-hybridized carbons (Fsp3) is 0.286. The van der Waals surface area contributed by atoms with E-state index in [9.17, 15) is 13.2 Å². The Balaban J connectivity index is 2.44. The molecule has 0 aliphatic rings. The number of alkyl halides is 3. The molecule has 106 valence electrons. The zero-order valence-electron chi connectivity index (χ0n) is 11.0. The van der Waals surface area contributed by atoms with Crippen LogP contribution in [0.15, 0.2) is 30.3 Å². The van der Waals surface area contributed by atoms with E-state index >= 15 is 0 Å². The van der Waals surface area contributed by atoms with Gasteiger partial charge in [0.25, 0.3) is 0 Å². The highest BCUT2D eigenvalue weighted by Gasteiger charge is 2.29. The topological polar surface area (TPSA) is 28.7 Å². The second-order valence-electron chi connectivity index (χ2n) is 4.75. The Labute approximate surface area is 119 Å². The maximum Gasteiger partial charge on any atom is 0.416 e. The Hall–Kier alpha value is -1.69. The van der Waals surface area contributed by atoms with Gasteiger partial charge in [-0.25, -0.2) is 4.98 Å². The summed E-state index contributed by atoms with van der Waals surface area (Å²) in [6.07, 6.45) is -4.33. The van der Waals surface area contributed by atoms with Gasteiger partial charge in [-0.2, -0.15) is 13.2 Å². The number of aromatic nitrogens is 2. The van der Waals surface area contributed by atoms with E-state index in [-0.39, 0.29) is 5.92 Å². The van der Waals surface area contributed by atoms with Gasteiger partial charge in [0.1, 0.15) is 10.5 Å². The molecule has 0 radical (unpaired) electrons. The van der Waals surface area contributed by atoms with Crippen LogP contribution in [-0.2, 0) is 6.18 Å². The first-order valence-electron chi connectivity index (χ1n) is 6.06. The van der Waals surface area contributed by atoms with Crippen molar-refractivity contribution in [3.8, 4) is 11.3 Å². The molecule has 2 rings (SSSR count). The van der Waals surface area contributed by atoms with Crippen LogP contribution in [0.1, 0.15) is 31.2 Å². The minimum Gasteiger partial charge on any atom is -0.343 e. The van der Waals surface area contributed by atoms with Crippen molar-refractivity contribution in [2.24, 2.45) is 0 Å². The van der Waals surface area contributed by atoms with Gasteiger partial charge < -0.3 is 4.98 Å². The number of nitrogens with one attached hydrogen (secondary N) is 1. The second kappa shape index (κ2) is 5.36. The molecule has 0 bridgehead atoms. The summed E-state index contributed by atoms with van der Waals surface area (Å²) in [5.74, 6) is 0.874. The van der Waals surface area contributed by atoms with Crippen molar-refractivity contribution < 1.29 is 13.2 Å². The molecule has 0 aliphatic heterocycles. The molecule has 0 spiro atoms. The van der Waals surface area contributed by atoms with Crippen LogP contribution in [0.5, 0.6) is 0 Å². The molecule has 0 atom stereocenters. The summed E-state index contributed by atoms with van der Waals surface area (Å²) in [5, 5.41) is 0. The number of H-pyrrole nitrogens is 1. The van der Waals surface area contributed by atoms with Gasteiger partial charge in [0, 0.05) is 11.6 Å². The van der Waals surface area contributed by atoms with Crippen molar-refractivity contribution >= 4 is 12.2 Å². The molecule has 2 aromatic rings. The zero-order chi connectivity index (χ0) is 14.9. The number of benzene rings is 1. The van der Waals surface area contributed by atoms with Crippen molar-refractivity contribution in [2.45, 2.75) is 25.9 Å². The van der Waals surface area contributed by atoms with E-state index in [1.54, 1.807) is 6.07 Å². The lowest BCUT2D eigenvalue weighted by Crippen LogP contribution is -2.04. The second-order valence-corrected chi connectivity index (χ2v) is 5.17. The molecule has 1 heterocycles. The van der Waals surface area contributed by atoms with E-state index in [0.29, 0.717) is 21.7 Å². The van der Waals surface area contributed by atoms with Crippen molar-refractivity contribution in [3.05, 3.63) is 46.4 Å². The number of nitrogens with zero attached hydrogens (tertiary/aromatic N) is 1. The lowest BCUT2D eigenvalue weighted by Gasteiger charge is -2.10. The first kappa shape index (κ1) is 14.7. The van der Waals surface area contributed by atoms with Gasteiger partial charge in [-0.3, -0.25) is 0 Å². The molecule has 0 fully saturated rings. The van der Waals surface area contributed by atoms with Gasteiger partial charge in [0.2, 0.25) is 0 Å². The zero-order valence-corrected chi connectivity index (χ0v) is 11.8. The van der Waals surface area contributed by atoms with E-state index in [2.05, 4.69) is 9.97 Å². The average Bonchev–Trinajstić information content (AvgIpc) is 2.37. The highest BCUT2D eigenvalue weighted by molar-refractivity contribution is 7.71. The predicted octanol–water partition coefficient (Wildman–Crippen LogP) is 4.95. The van der Waals surface area contributed by atoms with Gasteiger partial charge in [0.15, 0.2) is 0 Å². The maximum atomic E-state index is 12.5. The van der Waals surface area contributed by atoms with Gasteiger partial charge >= 0.3 is 6.18 Å². The quantitative estimate of drug-likeness (QED) is 0.795. The van der Waals surface area contributed by atoms with Crippen LogP contribution in [-0.4, -0.2) is 9.97 Å². The fourth-order valence-corrected chi connectivity index (χ4v) is 1.96. The maximum absolute atomic E-state index is 12.5. The monoisotopic (exact) mass is 298 g/mol. The number of rotatable bonds is 2. The van der Waals surface area contributed by atoms with Crippen LogP contribution < -0.4 is 0 Å². The summed E-state index contributed by atoms with van der Waals surface area (Å²) in [6.45, 7) is 3.92. The van der Waals surface area contributed by atoms with Crippen LogP contribution >= 0.6 is 12.2 Å². The number of hydrogen-bond acceptors (Lipinski definition) is 2.